The maximum atomic E-state index is 5.42. The van der Waals surface area contributed by atoms with Crippen molar-refractivity contribution in [3.05, 3.63) is 47.9 Å². The molecule has 0 saturated carbocycles. The first-order valence-electron chi connectivity index (χ1n) is 5.43. The number of hydroxylamine groups is 1. The fraction of sp³-hybridized carbons (Fsp3) is 0.167. The molecule has 3 aliphatic heterocycles. The minimum Gasteiger partial charge on any atom is -0.382 e. The molecule has 0 spiro atoms. The van der Waals surface area contributed by atoms with Crippen molar-refractivity contribution < 1.29 is 9.68 Å². The molecule has 18 heavy (non-hydrogen) atoms. The smallest absolute Gasteiger partial charge is 0.206 e. The molecule has 1 unspecified atom stereocenters. The van der Waals surface area contributed by atoms with E-state index in [2.05, 4.69) is 27.2 Å². The predicted molar refractivity (Wildman–Crippen MR) is 70.6 cm³/mol. The van der Waals surface area contributed by atoms with Crippen LogP contribution in [0.3, 0.4) is 0 Å². The molecular formula is C12H10N3O2S. The van der Waals surface area contributed by atoms with Crippen molar-refractivity contribution in [2.45, 2.75) is 6.10 Å². The van der Waals surface area contributed by atoms with Crippen LogP contribution in [-0.4, -0.2) is 23.8 Å². The fourth-order valence-corrected chi connectivity index (χ4v) is 2.19. The van der Waals surface area contributed by atoms with Gasteiger partial charge < -0.3 is 9.68 Å². The van der Waals surface area contributed by atoms with Gasteiger partial charge in [0.2, 0.25) is 6.10 Å². The molecule has 3 heterocycles. The lowest BCUT2D eigenvalue weighted by molar-refractivity contribution is 0.0327. The van der Waals surface area contributed by atoms with Gasteiger partial charge in [-0.15, -0.1) is 0 Å². The van der Waals surface area contributed by atoms with E-state index in [1.165, 1.54) is 11.9 Å². The maximum absolute atomic E-state index is 5.42. The Labute approximate surface area is 109 Å². The molecule has 3 aliphatic rings. The number of oxime groups is 1. The second-order valence-corrected chi connectivity index (χ2v) is 4.36. The number of hydrogen-bond donors (Lipinski definition) is 1. The van der Waals surface area contributed by atoms with Crippen molar-refractivity contribution in [2.75, 3.05) is 5.75 Å². The van der Waals surface area contributed by atoms with Gasteiger partial charge in [0.25, 0.3) is 0 Å². The molecule has 5 nitrogen and oxygen atoms in total. The van der Waals surface area contributed by atoms with Crippen LogP contribution in [0.5, 0.6) is 0 Å². The first-order valence-corrected chi connectivity index (χ1v) is 6.37. The third-order valence-corrected chi connectivity index (χ3v) is 3.09. The van der Waals surface area contributed by atoms with Gasteiger partial charge in [-0.25, -0.2) is 9.88 Å². The Morgan fingerprint density at radius 2 is 2.50 bits per heavy atom. The Hall–Kier alpha value is -1.95. The number of rotatable bonds is 2. The van der Waals surface area contributed by atoms with Crippen molar-refractivity contribution in [3.8, 4) is 0 Å². The van der Waals surface area contributed by atoms with Gasteiger partial charge in [-0.1, -0.05) is 11.2 Å². The van der Waals surface area contributed by atoms with Gasteiger partial charge in [0.05, 0.1) is 17.5 Å². The standard InChI is InChI=1S/C12H10N3O2S/c1-4-11(16-13-6-1)12-9(5-7-14-17-12)10-3-2-8-18-15-10/h1-4,6-7,11,14H,8H2. The Morgan fingerprint density at radius 3 is 3.28 bits per heavy atom. The molecule has 1 radical (unpaired) electrons. The summed E-state index contributed by atoms with van der Waals surface area (Å²) in [5.41, 5.74) is 4.26. The number of allylic oxidation sites excluding steroid dienone is 4. The van der Waals surface area contributed by atoms with Gasteiger partial charge in [0.15, 0.2) is 5.76 Å². The highest BCUT2D eigenvalue weighted by Crippen LogP contribution is 2.23. The molecule has 6 heteroatoms. The maximum Gasteiger partial charge on any atom is 0.206 e. The van der Waals surface area contributed by atoms with Crippen LogP contribution in [0.2, 0.25) is 0 Å². The van der Waals surface area contributed by atoms with Crippen LogP contribution < -0.4 is 5.48 Å². The normalized spacial score (nSPS) is 25.3. The summed E-state index contributed by atoms with van der Waals surface area (Å²) < 4.78 is 4.38. The molecule has 1 N–H and O–H groups in total. The number of nitrogens with one attached hydrogen (secondary N) is 1. The van der Waals surface area contributed by atoms with E-state index in [0.29, 0.717) is 5.76 Å². The molecule has 1 atom stereocenters. The Balaban J connectivity index is 1.95. The summed E-state index contributed by atoms with van der Waals surface area (Å²) in [5.74, 6) is 1.50. The van der Waals surface area contributed by atoms with Crippen LogP contribution in [0.1, 0.15) is 0 Å². The van der Waals surface area contributed by atoms with Crippen LogP contribution in [-0.2, 0) is 9.68 Å². The average molecular weight is 260 g/mol. The quantitative estimate of drug-likeness (QED) is 0.768. The van der Waals surface area contributed by atoms with E-state index in [1.54, 1.807) is 12.4 Å². The molecular weight excluding hydrogens is 250 g/mol. The fourth-order valence-electron chi connectivity index (χ4n) is 1.64. The molecule has 0 saturated heterocycles. The van der Waals surface area contributed by atoms with E-state index in [-0.39, 0.29) is 6.10 Å². The average Bonchev–Trinajstić information content (AvgIpc) is 2.49. The molecule has 0 fully saturated rings. The third kappa shape index (κ3) is 2.19. The highest BCUT2D eigenvalue weighted by Gasteiger charge is 2.25. The van der Waals surface area contributed by atoms with Crippen LogP contribution in [0.4, 0.5) is 0 Å². The Bertz CT molecular complexity index is 517. The zero-order valence-corrected chi connectivity index (χ0v) is 10.2. The summed E-state index contributed by atoms with van der Waals surface area (Å²) in [6.45, 7) is 0. The van der Waals surface area contributed by atoms with E-state index in [9.17, 15) is 0 Å². The van der Waals surface area contributed by atoms with E-state index in [1.807, 2.05) is 18.2 Å². The van der Waals surface area contributed by atoms with Crippen LogP contribution in [0.15, 0.2) is 51.4 Å². The zero-order chi connectivity index (χ0) is 12.2. The highest BCUT2D eigenvalue weighted by atomic mass is 32.2. The first-order chi connectivity index (χ1) is 8.95. The summed E-state index contributed by atoms with van der Waals surface area (Å²) in [7, 11) is 0. The minimum atomic E-state index is -0.360. The first kappa shape index (κ1) is 11.2. The lowest BCUT2D eigenvalue weighted by atomic mass is 10.0. The van der Waals surface area contributed by atoms with Crippen LogP contribution in [0, 0.1) is 6.08 Å². The van der Waals surface area contributed by atoms with Gasteiger partial charge in [-0.2, -0.15) is 0 Å². The van der Waals surface area contributed by atoms with Crippen LogP contribution >= 0.6 is 11.9 Å². The molecule has 0 amide bonds. The molecule has 0 aromatic heterocycles. The molecule has 0 bridgehead atoms. The lowest BCUT2D eigenvalue weighted by Gasteiger charge is -2.22. The molecule has 91 valence electrons. The van der Waals surface area contributed by atoms with Gasteiger partial charge in [-0.3, -0.25) is 0 Å². The van der Waals surface area contributed by atoms with E-state index >= 15 is 0 Å². The zero-order valence-electron chi connectivity index (χ0n) is 9.37. The molecule has 0 aromatic carbocycles. The van der Waals surface area contributed by atoms with E-state index in [4.69, 9.17) is 9.68 Å². The van der Waals surface area contributed by atoms with Gasteiger partial charge in [0, 0.05) is 18.0 Å². The molecule has 0 aliphatic carbocycles. The Morgan fingerprint density at radius 1 is 1.50 bits per heavy atom. The second-order valence-electron chi connectivity index (χ2n) is 3.59. The molecule has 3 rings (SSSR count). The van der Waals surface area contributed by atoms with Gasteiger partial charge in [0.1, 0.15) is 0 Å². The molecule has 0 aromatic rings. The van der Waals surface area contributed by atoms with Gasteiger partial charge in [-0.05, 0) is 30.2 Å². The van der Waals surface area contributed by atoms with Crippen molar-refractivity contribution >= 4 is 23.9 Å². The van der Waals surface area contributed by atoms with Crippen molar-refractivity contribution in [3.63, 3.8) is 0 Å². The third-order valence-electron chi connectivity index (χ3n) is 2.42. The van der Waals surface area contributed by atoms with Gasteiger partial charge >= 0.3 is 0 Å². The SMILES string of the molecule is [C]1=CNOC(C2C=CC=NO2)=C1C1=NSCC=C1. The monoisotopic (exact) mass is 260 g/mol. The number of nitrogens with zero attached hydrogens (tertiary/aromatic N) is 2. The summed E-state index contributed by atoms with van der Waals surface area (Å²) in [5, 5.41) is 3.76. The highest BCUT2D eigenvalue weighted by molar-refractivity contribution is 7.98. The summed E-state index contributed by atoms with van der Waals surface area (Å²) in [6, 6.07) is 0. The summed E-state index contributed by atoms with van der Waals surface area (Å²) in [6.07, 6.45) is 13.6. The lowest BCUT2D eigenvalue weighted by Crippen LogP contribution is -2.25. The van der Waals surface area contributed by atoms with Crippen LogP contribution in [0.25, 0.3) is 0 Å². The summed E-state index contributed by atoms with van der Waals surface area (Å²) in [4.78, 5) is 10.7. The predicted octanol–water partition coefficient (Wildman–Crippen LogP) is 1.69. The summed E-state index contributed by atoms with van der Waals surface area (Å²) >= 11 is 1.49. The second kappa shape index (κ2) is 5.14. The topological polar surface area (TPSA) is 55.2 Å². The Kier molecular flexibility index (Phi) is 3.18. The largest absolute Gasteiger partial charge is 0.382 e. The minimum absolute atomic E-state index is 0.360. The van der Waals surface area contributed by atoms with E-state index < -0.39 is 0 Å². The van der Waals surface area contributed by atoms with Crippen molar-refractivity contribution in [1.29, 1.82) is 0 Å². The van der Waals surface area contributed by atoms with Crippen molar-refractivity contribution in [2.24, 2.45) is 9.55 Å². The van der Waals surface area contributed by atoms with E-state index in [0.717, 1.165) is 17.0 Å². The van der Waals surface area contributed by atoms with Crippen molar-refractivity contribution in [1.82, 2.24) is 5.48 Å². The number of hydrogen-bond acceptors (Lipinski definition) is 6.